The van der Waals surface area contributed by atoms with Gasteiger partial charge in [0.05, 0.1) is 0 Å². The van der Waals surface area contributed by atoms with Crippen LogP contribution in [0.5, 0.6) is 5.75 Å². The van der Waals surface area contributed by atoms with E-state index in [0.29, 0.717) is 6.54 Å². The lowest BCUT2D eigenvalue weighted by molar-refractivity contribution is 0.475. The first-order valence-corrected chi connectivity index (χ1v) is 5.56. The zero-order valence-electron chi connectivity index (χ0n) is 9.85. The first kappa shape index (κ1) is 11.5. The Morgan fingerprint density at radius 2 is 2.18 bits per heavy atom. The third kappa shape index (κ3) is 2.79. The highest BCUT2D eigenvalue weighted by Crippen LogP contribution is 2.16. The summed E-state index contributed by atoms with van der Waals surface area (Å²) in [6, 6.07) is 9.17. The average Bonchev–Trinajstić information content (AvgIpc) is 2.67. The van der Waals surface area contributed by atoms with Crippen molar-refractivity contribution in [3.8, 4) is 5.75 Å². The van der Waals surface area contributed by atoms with Crippen molar-refractivity contribution in [1.82, 2.24) is 4.57 Å². The van der Waals surface area contributed by atoms with Crippen molar-refractivity contribution < 1.29 is 5.11 Å². The van der Waals surface area contributed by atoms with Crippen molar-refractivity contribution in [2.75, 3.05) is 5.32 Å². The Morgan fingerprint density at radius 1 is 1.35 bits per heavy atom. The molecule has 0 spiro atoms. The fraction of sp³-hybridized carbons (Fsp3) is 0.231. The number of hydrogen-bond donors (Lipinski definition) is 3. The summed E-state index contributed by atoms with van der Waals surface area (Å²) in [6.45, 7) is 1.26. The number of aromatic nitrogens is 1. The second-order valence-corrected chi connectivity index (χ2v) is 4.06. The normalized spacial score (nSPS) is 10.5. The van der Waals surface area contributed by atoms with E-state index >= 15 is 0 Å². The Bertz CT molecular complexity index is 505. The van der Waals surface area contributed by atoms with Crippen molar-refractivity contribution >= 4 is 5.69 Å². The van der Waals surface area contributed by atoms with Crippen LogP contribution in [0, 0.1) is 0 Å². The van der Waals surface area contributed by atoms with E-state index in [0.717, 1.165) is 17.9 Å². The molecule has 0 aliphatic rings. The summed E-state index contributed by atoms with van der Waals surface area (Å²) < 4.78 is 2.03. The maximum Gasteiger partial charge on any atom is 0.117 e. The van der Waals surface area contributed by atoms with Gasteiger partial charge in [-0.05, 0) is 23.8 Å². The van der Waals surface area contributed by atoms with E-state index in [1.54, 1.807) is 12.1 Å². The molecular formula is C13H17N3O. The maximum absolute atomic E-state index is 9.34. The standard InChI is InChI=1S/C13H17N3O/c1-16-9-10(5-12(16)7-14)8-15-11-3-2-4-13(17)6-11/h2-6,9,15,17H,7-8,14H2,1H3. The van der Waals surface area contributed by atoms with Crippen molar-refractivity contribution in [3.05, 3.63) is 47.8 Å². The lowest BCUT2D eigenvalue weighted by atomic mass is 10.2. The van der Waals surface area contributed by atoms with Crippen molar-refractivity contribution in [2.45, 2.75) is 13.1 Å². The predicted molar refractivity (Wildman–Crippen MR) is 68.7 cm³/mol. The summed E-state index contributed by atoms with van der Waals surface area (Å²) in [5.74, 6) is 0.269. The van der Waals surface area contributed by atoms with Crippen LogP contribution in [0.2, 0.25) is 0 Å². The summed E-state index contributed by atoms with van der Waals surface area (Å²) in [7, 11) is 1.99. The lowest BCUT2D eigenvalue weighted by Crippen LogP contribution is -2.01. The predicted octanol–water partition coefficient (Wildman–Crippen LogP) is 1.80. The van der Waals surface area contributed by atoms with Gasteiger partial charge in [-0.15, -0.1) is 0 Å². The molecular weight excluding hydrogens is 214 g/mol. The van der Waals surface area contributed by atoms with Gasteiger partial charge < -0.3 is 20.7 Å². The van der Waals surface area contributed by atoms with Gasteiger partial charge in [-0.3, -0.25) is 0 Å². The van der Waals surface area contributed by atoms with E-state index in [1.165, 1.54) is 5.56 Å². The van der Waals surface area contributed by atoms with Crippen LogP contribution >= 0.6 is 0 Å². The van der Waals surface area contributed by atoms with E-state index in [2.05, 4.69) is 17.6 Å². The molecule has 1 aromatic heterocycles. The molecule has 0 fully saturated rings. The van der Waals surface area contributed by atoms with Crippen molar-refractivity contribution in [3.63, 3.8) is 0 Å². The van der Waals surface area contributed by atoms with Gasteiger partial charge in [0.25, 0.3) is 0 Å². The Hall–Kier alpha value is -1.94. The summed E-state index contributed by atoms with van der Waals surface area (Å²) >= 11 is 0. The van der Waals surface area contributed by atoms with Crippen LogP contribution in [-0.4, -0.2) is 9.67 Å². The van der Waals surface area contributed by atoms with Gasteiger partial charge in [-0.25, -0.2) is 0 Å². The van der Waals surface area contributed by atoms with Crippen LogP contribution in [0.4, 0.5) is 5.69 Å². The monoisotopic (exact) mass is 231 g/mol. The first-order chi connectivity index (χ1) is 8.19. The van der Waals surface area contributed by atoms with Gasteiger partial charge in [0, 0.05) is 43.8 Å². The second kappa shape index (κ2) is 4.93. The number of phenols is 1. The molecule has 4 heteroatoms. The largest absolute Gasteiger partial charge is 0.508 e. The molecule has 0 unspecified atom stereocenters. The molecule has 0 saturated carbocycles. The number of phenolic OH excluding ortho intramolecular Hbond substituents is 1. The van der Waals surface area contributed by atoms with Crippen LogP contribution in [0.25, 0.3) is 0 Å². The number of benzene rings is 1. The maximum atomic E-state index is 9.34. The quantitative estimate of drug-likeness (QED) is 0.752. The lowest BCUT2D eigenvalue weighted by Gasteiger charge is -2.04. The Kier molecular flexibility index (Phi) is 3.35. The van der Waals surface area contributed by atoms with Crippen LogP contribution in [0.15, 0.2) is 36.5 Å². The fourth-order valence-electron chi connectivity index (χ4n) is 1.80. The zero-order valence-corrected chi connectivity index (χ0v) is 9.85. The van der Waals surface area contributed by atoms with Crippen molar-refractivity contribution in [2.24, 2.45) is 12.8 Å². The molecule has 17 heavy (non-hydrogen) atoms. The van der Waals surface area contributed by atoms with Gasteiger partial charge >= 0.3 is 0 Å². The Morgan fingerprint density at radius 3 is 2.82 bits per heavy atom. The van der Waals surface area contributed by atoms with Crippen LogP contribution < -0.4 is 11.1 Å². The molecule has 0 aliphatic carbocycles. The molecule has 0 radical (unpaired) electrons. The zero-order chi connectivity index (χ0) is 12.3. The first-order valence-electron chi connectivity index (χ1n) is 5.56. The third-order valence-electron chi connectivity index (χ3n) is 2.72. The molecule has 1 heterocycles. The number of anilines is 1. The van der Waals surface area contributed by atoms with Crippen LogP contribution in [0.1, 0.15) is 11.3 Å². The van der Waals surface area contributed by atoms with E-state index in [9.17, 15) is 5.11 Å². The average molecular weight is 231 g/mol. The molecule has 0 bridgehead atoms. The minimum atomic E-state index is 0.269. The van der Waals surface area contributed by atoms with Crippen LogP contribution in [-0.2, 0) is 20.1 Å². The molecule has 1 aromatic carbocycles. The summed E-state index contributed by atoms with van der Waals surface area (Å²) in [4.78, 5) is 0. The van der Waals surface area contributed by atoms with E-state index in [4.69, 9.17) is 5.73 Å². The second-order valence-electron chi connectivity index (χ2n) is 4.06. The molecule has 0 aliphatic heterocycles. The van der Waals surface area contributed by atoms with Gasteiger partial charge in [0.1, 0.15) is 5.75 Å². The molecule has 2 aromatic rings. The molecule has 2 rings (SSSR count). The van der Waals surface area contributed by atoms with Gasteiger partial charge in [-0.1, -0.05) is 6.07 Å². The molecule has 0 atom stereocenters. The molecule has 0 saturated heterocycles. The number of nitrogens with one attached hydrogen (secondary N) is 1. The number of nitrogens with zero attached hydrogens (tertiary/aromatic N) is 1. The number of hydrogen-bond acceptors (Lipinski definition) is 3. The number of rotatable bonds is 4. The number of aryl methyl sites for hydroxylation is 1. The van der Waals surface area contributed by atoms with E-state index < -0.39 is 0 Å². The number of nitrogens with two attached hydrogens (primary N) is 1. The highest BCUT2D eigenvalue weighted by Gasteiger charge is 2.01. The van der Waals surface area contributed by atoms with E-state index in [-0.39, 0.29) is 5.75 Å². The smallest absolute Gasteiger partial charge is 0.117 e. The SMILES string of the molecule is Cn1cc(CNc2cccc(O)c2)cc1CN. The minimum Gasteiger partial charge on any atom is -0.508 e. The van der Waals surface area contributed by atoms with Gasteiger partial charge in [-0.2, -0.15) is 0 Å². The number of aromatic hydroxyl groups is 1. The fourth-order valence-corrected chi connectivity index (χ4v) is 1.80. The van der Waals surface area contributed by atoms with Crippen molar-refractivity contribution in [1.29, 1.82) is 0 Å². The third-order valence-corrected chi connectivity index (χ3v) is 2.72. The Balaban J connectivity index is 2.02. The summed E-state index contributed by atoms with van der Waals surface area (Å²) in [6.07, 6.45) is 2.05. The van der Waals surface area contributed by atoms with E-state index in [1.807, 2.05) is 23.7 Å². The Labute approximate surface area is 101 Å². The highest BCUT2D eigenvalue weighted by molar-refractivity contribution is 5.48. The molecule has 4 N–H and O–H groups in total. The summed E-state index contributed by atoms with van der Waals surface area (Å²) in [5, 5.41) is 12.6. The highest BCUT2D eigenvalue weighted by atomic mass is 16.3. The molecule has 90 valence electrons. The molecule has 0 amide bonds. The topological polar surface area (TPSA) is 63.2 Å². The van der Waals surface area contributed by atoms with Crippen LogP contribution in [0.3, 0.4) is 0 Å². The summed E-state index contributed by atoms with van der Waals surface area (Å²) in [5.41, 5.74) is 8.81. The molecule has 4 nitrogen and oxygen atoms in total. The minimum absolute atomic E-state index is 0.269. The van der Waals surface area contributed by atoms with Gasteiger partial charge in [0.2, 0.25) is 0 Å². The van der Waals surface area contributed by atoms with Gasteiger partial charge in [0.15, 0.2) is 0 Å².